The molecule has 2 bridgehead atoms. The second-order valence-corrected chi connectivity index (χ2v) is 5.60. The van der Waals surface area contributed by atoms with E-state index in [1.165, 1.54) is 10.9 Å². The zero-order valence-electron chi connectivity index (χ0n) is 11.7. The third kappa shape index (κ3) is 2.82. The van der Waals surface area contributed by atoms with E-state index >= 15 is 0 Å². The van der Waals surface area contributed by atoms with Gasteiger partial charge in [0, 0.05) is 12.7 Å². The summed E-state index contributed by atoms with van der Waals surface area (Å²) in [5.41, 5.74) is 0. The van der Waals surface area contributed by atoms with Gasteiger partial charge in [0.2, 0.25) is 0 Å². The number of urea groups is 1. The van der Waals surface area contributed by atoms with Gasteiger partial charge in [-0.05, 0) is 0 Å². The first-order valence-corrected chi connectivity index (χ1v) is 7.28. The molecule has 3 rings (SSSR count). The quantitative estimate of drug-likeness (QED) is 0.678. The highest BCUT2D eigenvalue weighted by Crippen LogP contribution is 2.35. The van der Waals surface area contributed by atoms with Crippen LogP contribution in [-0.4, -0.2) is 58.6 Å². The smallest absolute Gasteiger partial charge is 0.315 e. The molecule has 2 aliphatic rings. The molecule has 3 heterocycles. The van der Waals surface area contributed by atoms with Crippen LogP contribution in [-0.2, 0) is 9.47 Å². The van der Waals surface area contributed by atoms with Crippen molar-refractivity contribution in [2.24, 2.45) is 0 Å². The minimum Gasteiger partial charge on any atom is -0.388 e. The Hall–Kier alpha value is -1.61. The van der Waals surface area contributed by atoms with Crippen LogP contribution in [0.5, 0.6) is 0 Å². The first-order chi connectivity index (χ1) is 10.6. The number of aromatic nitrogens is 2. The van der Waals surface area contributed by atoms with Gasteiger partial charge in [0.15, 0.2) is 6.29 Å². The van der Waals surface area contributed by atoms with E-state index in [4.69, 9.17) is 21.1 Å². The summed E-state index contributed by atoms with van der Waals surface area (Å²) in [4.78, 5) is 11.8. The maximum Gasteiger partial charge on any atom is 0.315 e. The van der Waals surface area contributed by atoms with Crippen LogP contribution >= 0.6 is 11.6 Å². The van der Waals surface area contributed by atoms with E-state index < -0.39 is 36.6 Å². The summed E-state index contributed by atoms with van der Waals surface area (Å²) in [5, 5.41) is 20.5. The fourth-order valence-corrected chi connectivity index (χ4v) is 2.85. The summed E-state index contributed by atoms with van der Waals surface area (Å²) in [6.07, 6.45) is 2.67. The van der Waals surface area contributed by atoms with Crippen LogP contribution < -0.4 is 10.6 Å². The Balaban J connectivity index is 1.76. The number of fused-ring (bicyclic) bond motifs is 2. The Morgan fingerprint density at radius 1 is 1.68 bits per heavy atom. The van der Waals surface area contributed by atoms with Gasteiger partial charge in [-0.1, -0.05) is 17.7 Å². The minimum absolute atomic E-state index is 0.291. The Morgan fingerprint density at radius 3 is 3.18 bits per heavy atom. The van der Waals surface area contributed by atoms with Gasteiger partial charge in [-0.15, -0.1) is 6.58 Å². The molecular weight excluding hydrogens is 312 g/mol. The minimum atomic E-state index is -0.920. The predicted octanol–water partition coefficient (Wildman–Crippen LogP) is 0.0474. The summed E-state index contributed by atoms with van der Waals surface area (Å²) >= 11 is 5.87. The molecule has 2 aliphatic heterocycles. The summed E-state index contributed by atoms with van der Waals surface area (Å²) in [7, 11) is 0. The molecule has 5 atom stereocenters. The van der Waals surface area contributed by atoms with Crippen molar-refractivity contribution in [3.63, 3.8) is 0 Å². The first kappa shape index (κ1) is 15.3. The Kier molecular flexibility index (Phi) is 4.34. The Bertz CT molecular complexity index is 566. The number of carbonyl (C=O) groups is 1. The number of ether oxygens (including phenoxy) is 2. The van der Waals surface area contributed by atoms with E-state index in [9.17, 15) is 9.90 Å². The monoisotopic (exact) mass is 328 g/mol. The Morgan fingerprint density at radius 2 is 2.50 bits per heavy atom. The van der Waals surface area contributed by atoms with Crippen LogP contribution in [0.4, 0.5) is 4.79 Å². The number of amides is 2. The van der Waals surface area contributed by atoms with Gasteiger partial charge in [0.1, 0.15) is 18.2 Å². The molecule has 2 amide bonds. The Labute approximate surface area is 132 Å². The van der Waals surface area contributed by atoms with Gasteiger partial charge in [0.25, 0.3) is 0 Å². The SMILES string of the molecule is C=CCNC(=O)N[C@H]1[C@H](O)[C@@H](n2cc(Cl)cn2)[C@@H]2OC[C@H]1O2. The molecule has 9 heteroatoms. The number of hydrogen-bond acceptors (Lipinski definition) is 5. The highest BCUT2D eigenvalue weighted by atomic mass is 35.5. The molecule has 3 N–H and O–H groups in total. The van der Waals surface area contributed by atoms with Gasteiger partial charge in [-0.25, -0.2) is 4.79 Å². The van der Waals surface area contributed by atoms with E-state index in [-0.39, 0.29) is 0 Å². The normalized spacial score (nSPS) is 33.5. The van der Waals surface area contributed by atoms with Crippen LogP contribution in [0.2, 0.25) is 5.02 Å². The number of rotatable bonds is 4. The molecule has 0 aromatic carbocycles. The lowest BCUT2D eigenvalue weighted by molar-refractivity contribution is -0.166. The average molecular weight is 329 g/mol. The lowest BCUT2D eigenvalue weighted by atomic mass is 9.96. The van der Waals surface area contributed by atoms with Crippen molar-refractivity contribution in [1.82, 2.24) is 20.4 Å². The average Bonchev–Trinajstić information content (AvgIpc) is 3.10. The van der Waals surface area contributed by atoms with Crippen molar-refractivity contribution in [1.29, 1.82) is 0 Å². The third-order valence-electron chi connectivity index (χ3n) is 3.71. The molecule has 2 saturated heterocycles. The van der Waals surface area contributed by atoms with Crippen molar-refractivity contribution in [2.45, 2.75) is 30.6 Å². The number of halogens is 1. The molecule has 0 spiro atoms. The highest BCUT2D eigenvalue weighted by molar-refractivity contribution is 6.30. The zero-order valence-corrected chi connectivity index (χ0v) is 12.4. The second-order valence-electron chi connectivity index (χ2n) is 5.16. The van der Waals surface area contributed by atoms with Crippen LogP contribution in [0.1, 0.15) is 6.04 Å². The van der Waals surface area contributed by atoms with E-state index in [1.54, 1.807) is 12.3 Å². The second kappa shape index (κ2) is 6.25. The van der Waals surface area contributed by atoms with Crippen LogP contribution in [0.15, 0.2) is 25.0 Å². The van der Waals surface area contributed by atoms with Crippen molar-refractivity contribution < 1.29 is 19.4 Å². The van der Waals surface area contributed by atoms with Gasteiger partial charge in [-0.2, -0.15) is 5.10 Å². The van der Waals surface area contributed by atoms with E-state index in [2.05, 4.69) is 22.3 Å². The molecular formula is C13H17ClN4O4. The molecule has 0 unspecified atom stereocenters. The summed E-state index contributed by atoms with van der Waals surface area (Å²) in [6.45, 7) is 4.15. The van der Waals surface area contributed by atoms with Crippen molar-refractivity contribution in [3.05, 3.63) is 30.1 Å². The number of nitrogens with one attached hydrogen (secondary N) is 2. The van der Waals surface area contributed by atoms with Crippen molar-refractivity contribution >= 4 is 17.6 Å². The van der Waals surface area contributed by atoms with Crippen molar-refractivity contribution in [2.75, 3.05) is 13.2 Å². The van der Waals surface area contributed by atoms with Crippen molar-refractivity contribution in [3.8, 4) is 0 Å². The molecule has 0 radical (unpaired) electrons. The van der Waals surface area contributed by atoms with E-state index in [1.807, 2.05) is 0 Å². The summed E-state index contributed by atoms with van der Waals surface area (Å²) < 4.78 is 12.8. The first-order valence-electron chi connectivity index (χ1n) is 6.90. The van der Waals surface area contributed by atoms with Gasteiger partial charge >= 0.3 is 6.03 Å². The number of hydrogen-bond donors (Lipinski definition) is 3. The number of aliphatic hydroxyl groups is 1. The van der Waals surface area contributed by atoms with Gasteiger partial charge in [0.05, 0.1) is 23.9 Å². The number of nitrogens with zero attached hydrogens (tertiary/aromatic N) is 2. The summed E-state index contributed by atoms with van der Waals surface area (Å²) in [5.74, 6) is 0. The molecule has 22 heavy (non-hydrogen) atoms. The molecule has 8 nitrogen and oxygen atoms in total. The van der Waals surface area contributed by atoms with Gasteiger partial charge in [-0.3, -0.25) is 4.68 Å². The number of aliphatic hydroxyl groups excluding tert-OH is 1. The fraction of sp³-hybridized carbons (Fsp3) is 0.538. The molecule has 1 aromatic rings. The van der Waals surface area contributed by atoms with E-state index in [0.29, 0.717) is 18.2 Å². The molecule has 120 valence electrons. The third-order valence-corrected chi connectivity index (χ3v) is 3.91. The largest absolute Gasteiger partial charge is 0.388 e. The van der Waals surface area contributed by atoms with E-state index in [0.717, 1.165) is 0 Å². The topological polar surface area (TPSA) is 97.6 Å². The zero-order chi connectivity index (χ0) is 15.7. The molecule has 1 aromatic heterocycles. The molecule has 0 aliphatic carbocycles. The maximum absolute atomic E-state index is 11.8. The highest BCUT2D eigenvalue weighted by Gasteiger charge is 2.51. The predicted molar refractivity (Wildman–Crippen MR) is 77.4 cm³/mol. The summed E-state index contributed by atoms with van der Waals surface area (Å²) in [6, 6.07) is -1.61. The van der Waals surface area contributed by atoms with Crippen LogP contribution in [0.25, 0.3) is 0 Å². The van der Waals surface area contributed by atoms with Crippen LogP contribution in [0, 0.1) is 0 Å². The van der Waals surface area contributed by atoms with Gasteiger partial charge < -0.3 is 25.2 Å². The number of carbonyl (C=O) groups excluding carboxylic acids is 1. The fourth-order valence-electron chi connectivity index (χ4n) is 2.71. The standard InChI is InChI=1S/C13H17ClN4O4/c1-2-3-15-13(20)17-9-8-6-21-12(22-8)10(11(9)19)18-5-7(14)4-16-18/h2,4-5,8-12,19H,1,3,6H2,(H2,15,17,20)/t8-,9-,10-,11+,12-/m1/s1. The molecule has 0 saturated carbocycles. The lowest BCUT2D eigenvalue weighted by Crippen LogP contribution is -2.60. The molecule has 2 fully saturated rings. The lowest BCUT2D eigenvalue weighted by Gasteiger charge is -2.38. The van der Waals surface area contributed by atoms with Crippen LogP contribution in [0.3, 0.4) is 0 Å². The maximum atomic E-state index is 11.8.